The van der Waals surface area contributed by atoms with E-state index in [0.29, 0.717) is 0 Å². The molecule has 0 heterocycles. The highest BCUT2D eigenvalue weighted by atomic mass is 32.1. The van der Waals surface area contributed by atoms with Gasteiger partial charge in [-0.25, -0.2) is 9.59 Å². The number of thiol groups is 1. The number of ether oxygens (including phenoxy) is 1. The number of hydrogen-bond donors (Lipinski definition) is 3. The highest BCUT2D eigenvalue weighted by Gasteiger charge is 2.17. The van der Waals surface area contributed by atoms with Gasteiger partial charge < -0.3 is 15.2 Å². The maximum absolute atomic E-state index is 10.7. The van der Waals surface area contributed by atoms with Gasteiger partial charge in [-0.2, -0.15) is 12.6 Å². The Hall–Kier alpha value is -0.910. The van der Waals surface area contributed by atoms with Gasteiger partial charge in [-0.05, 0) is 6.92 Å². The Kier molecular flexibility index (Phi) is 5.27. The monoisotopic (exact) mass is 193 g/mol. The summed E-state index contributed by atoms with van der Waals surface area (Å²) in [5.41, 5.74) is 0. The Morgan fingerprint density at radius 3 is 2.58 bits per heavy atom. The molecule has 5 nitrogen and oxygen atoms in total. The van der Waals surface area contributed by atoms with Gasteiger partial charge in [-0.15, -0.1) is 0 Å². The van der Waals surface area contributed by atoms with Crippen molar-refractivity contribution < 1.29 is 19.4 Å². The molecule has 0 radical (unpaired) electrons. The van der Waals surface area contributed by atoms with Gasteiger partial charge in [-0.3, -0.25) is 0 Å². The van der Waals surface area contributed by atoms with Gasteiger partial charge in [-0.1, -0.05) is 0 Å². The number of hydrogen-bond acceptors (Lipinski definition) is 4. The summed E-state index contributed by atoms with van der Waals surface area (Å²) in [7, 11) is 0. The molecule has 0 spiro atoms. The number of rotatable bonds is 4. The van der Waals surface area contributed by atoms with Crippen molar-refractivity contribution in [3.8, 4) is 0 Å². The first-order chi connectivity index (χ1) is 5.61. The maximum Gasteiger partial charge on any atom is 0.407 e. The zero-order valence-electron chi connectivity index (χ0n) is 6.61. The number of alkyl carbamates (subject to hydrolysis) is 1. The van der Waals surface area contributed by atoms with Crippen LogP contribution in [-0.4, -0.2) is 35.6 Å². The van der Waals surface area contributed by atoms with Gasteiger partial charge in [0.1, 0.15) is 6.04 Å². The van der Waals surface area contributed by atoms with Crippen LogP contribution < -0.4 is 5.32 Å². The quantitative estimate of drug-likeness (QED) is 0.554. The molecule has 0 saturated carbocycles. The molecule has 0 aromatic rings. The molecule has 0 bridgehead atoms. The van der Waals surface area contributed by atoms with E-state index in [1.807, 2.05) is 0 Å². The molecule has 6 heteroatoms. The lowest BCUT2D eigenvalue weighted by atomic mass is 10.3. The van der Waals surface area contributed by atoms with Crippen molar-refractivity contribution in [2.45, 2.75) is 13.0 Å². The zero-order valence-corrected chi connectivity index (χ0v) is 7.51. The van der Waals surface area contributed by atoms with E-state index in [-0.39, 0.29) is 12.4 Å². The zero-order chi connectivity index (χ0) is 9.56. The summed E-state index contributed by atoms with van der Waals surface area (Å²) >= 11 is 3.75. The number of aliphatic carboxylic acids is 1. The Morgan fingerprint density at radius 1 is 1.67 bits per heavy atom. The molecule has 0 aromatic heterocycles. The van der Waals surface area contributed by atoms with Crippen LogP contribution in [0.25, 0.3) is 0 Å². The van der Waals surface area contributed by atoms with Crippen molar-refractivity contribution in [1.82, 2.24) is 5.32 Å². The number of carboxylic acid groups (broad SMARTS) is 1. The normalized spacial score (nSPS) is 11.8. The summed E-state index contributed by atoms with van der Waals surface area (Å²) in [5.74, 6) is -1.09. The topological polar surface area (TPSA) is 75.6 Å². The average Bonchev–Trinajstić information content (AvgIpc) is 2.00. The second-order valence-electron chi connectivity index (χ2n) is 1.94. The van der Waals surface area contributed by atoms with E-state index in [1.165, 1.54) is 0 Å². The average molecular weight is 193 g/mol. The summed E-state index contributed by atoms with van der Waals surface area (Å²) in [6.45, 7) is 1.85. The van der Waals surface area contributed by atoms with Crippen molar-refractivity contribution in [1.29, 1.82) is 0 Å². The molecule has 0 aliphatic heterocycles. The SMILES string of the molecule is CCOC(=O)N[C@@H](CS)C(=O)O. The molecule has 0 aromatic carbocycles. The first-order valence-corrected chi connectivity index (χ1v) is 4.02. The molecule has 0 saturated heterocycles. The maximum atomic E-state index is 10.7. The van der Waals surface area contributed by atoms with Crippen LogP contribution in [0.2, 0.25) is 0 Å². The molecular weight excluding hydrogens is 182 g/mol. The number of carbonyl (C=O) groups is 2. The van der Waals surface area contributed by atoms with E-state index in [0.717, 1.165) is 0 Å². The fraction of sp³-hybridized carbons (Fsp3) is 0.667. The molecule has 1 amide bonds. The molecule has 12 heavy (non-hydrogen) atoms. The Bertz CT molecular complexity index is 173. The molecule has 0 aliphatic rings. The Morgan fingerprint density at radius 2 is 2.25 bits per heavy atom. The predicted octanol–water partition coefficient (Wildman–Crippen LogP) is 0.115. The van der Waals surface area contributed by atoms with E-state index in [1.54, 1.807) is 6.92 Å². The summed E-state index contributed by atoms with van der Waals surface area (Å²) in [4.78, 5) is 21.0. The number of carbonyl (C=O) groups excluding carboxylic acids is 1. The smallest absolute Gasteiger partial charge is 0.407 e. The van der Waals surface area contributed by atoms with Gasteiger partial charge in [0.05, 0.1) is 6.61 Å². The van der Waals surface area contributed by atoms with Crippen LogP contribution in [-0.2, 0) is 9.53 Å². The van der Waals surface area contributed by atoms with E-state index < -0.39 is 18.1 Å². The van der Waals surface area contributed by atoms with E-state index in [2.05, 4.69) is 22.7 Å². The summed E-state index contributed by atoms with van der Waals surface area (Å²) in [6, 6.07) is -0.993. The molecule has 0 unspecified atom stereocenters. The van der Waals surface area contributed by atoms with Crippen molar-refractivity contribution in [2.24, 2.45) is 0 Å². The van der Waals surface area contributed by atoms with Crippen LogP contribution in [0.3, 0.4) is 0 Å². The Labute approximate surface area is 75.5 Å². The fourth-order valence-corrected chi connectivity index (χ4v) is 0.748. The van der Waals surface area contributed by atoms with E-state index in [4.69, 9.17) is 5.11 Å². The third kappa shape index (κ3) is 4.07. The van der Waals surface area contributed by atoms with Crippen LogP contribution in [0.1, 0.15) is 6.92 Å². The number of amides is 1. The van der Waals surface area contributed by atoms with Crippen molar-refractivity contribution in [2.75, 3.05) is 12.4 Å². The van der Waals surface area contributed by atoms with E-state index in [9.17, 15) is 9.59 Å². The molecule has 0 aliphatic carbocycles. The third-order valence-electron chi connectivity index (χ3n) is 1.05. The van der Waals surface area contributed by atoms with Gasteiger partial charge in [0.15, 0.2) is 0 Å². The molecule has 1 atom stereocenters. The highest BCUT2D eigenvalue weighted by Crippen LogP contribution is 1.89. The number of carboxylic acids is 1. The molecule has 0 fully saturated rings. The van der Waals surface area contributed by atoms with Crippen molar-refractivity contribution >= 4 is 24.7 Å². The summed E-state index contributed by atoms with van der Waals surface area (Å²) < 4.78 is 4.48. The molecule has 70 valence electrons. The molecular formula is C6H11NO4S. The summed E-state index contributed by atoms with van der Waals surface area (Å²) in [6.07, 6.45) is -0.737. The van der Waals surface area contributed by atoms with Gasteiger partial charge in [0.2, 0.25) is 0 Å². The van der Waals surface area contributed by atoms with Crippen molar-refractivity contribution in [3.05, 3.63) is 0 Å². The Balaban J connectivity index is 3.85. The van der Waals surface area contributed by atoms with E-state index >= 15 is 0 Å². The lowest BCUT2D eigenvalue weighted by Crippen LogP contribution is -2.42. The van der Waals surface area contributed by atoms with Crippen LogP contribution in [0, 0.1) is 0 Å². The standard InChI is InChI=1S/C6H11NO4S/c1-2-11-6(10)7-4(3-12)5(8)9/h4,12H,2-3H2,1H3,(H,7,10)(H,8,9)/t4-/m0/s1. The second kappa shape index (κ2) is 5.70. The van der Waals surface area contributed by atoms with Crippen LogP contribution in [0.4, 0.5) is 4.79 Å². The minimum absolute atomic E-state index is 0.0359. The van der Waals surface area contributed by atoms with Gasteiger partial charge in [0.25, 0.3) is 0 Å². The fourth-order valence-electron chi connectivity index (χ4n) is 0.500. The van der Waals surface area contributed by atoms with Crippen LogP contribution in [0.5, 0.6) is 0 Å². The molecule has 0 rings (SSSR count). The largest absolute Gasteiger partial charge is 0.480 e. The van der Waals surface area contributed by atoms with Gasteiger partial charge >= 0.3 is 12.1 Å². The van der Waals surface area contributed by atoms with Crippen molar-refractivity contribution in [3.63, 3.8) is 0 Å². The van der Waals surface area contributed by atoms with Gasteiger partial charge in [0, 0.05) is 5.75 Å². The number of nitrogens with one attached hydrogen (secondary N) is 1. The molecule has 2 N–H and O–H groups in total. The first-order valence-electron chi connectivity index (χ1n) is 3.38. The lowest BCUT2D eigenvalue weighted by molar-refractivity contribution is -0.138. The van der Waals surface area contributed by atoms with Crippen LogP contribution >= 0.6 is 12.6 Å². The first kappa shape index (κ1) is 11.1. The third-order valence-corrected chi connectivity index (χ3v) is 1.41. The highest BCUT2D eigenvalue weighted by molar-refractivity contribution is 7.80. The minimum Gasteiger partial charge on any atom is -0.480 e. The van der Waals surface area contributed by atoms with Crippen LogP contribution in [0.15, 0.2) is 0 Å². The predicted molar refractivity (Wildman–Crippen MR) is 45.4 cm³/mol. The lowest BCUT2D eigenvalue weighted by Gasteiger charge is -2.10. The summed E-state index contributed by atoms with van der Waals surface area (Å²) in [5, 5.41) is 10.6. The second-order valence-corrected chi connectivity index (χ2v) is 2.30. The minimum atomic E-state index is -1.13.